The molecule has 0 aromatic heterocycles. The van der Waals surface area contributed by atoms with Gasteiger partial charge in [0, 0.05) is 31.0 Å². The molecule has 2 N–H and O–H groups in total. The Hall–Kier alpha value is -1.45. The minimum absolute atomic E-state index is 0.0106. The molecule has 1 heterocycles. The summed E-state index contributed by atoms with van der Waals surface area (Å²) in [7, 11) is 0. The van der Waals surface area contributed by atoms with Crippen LogP contribution in [0.2, 0.25) is 5.02 Å². The number of non-ortho nitro benzene ring substituents is 1. The average Bonchev–Trinajstić information content (AvgIpc) is 3.07. The van der Waals surface area contributed by atoms with Crippen LogP contribution in [0.3, 0.4) is 0 Å². The minimum atomic E-state index is -0.487. The Bertz CT molecular complexity index is 642. The van der Waals surface area contributed by atoms with E-state index in [0.717, 1.165) is 23.1 Å². The number of nitro benzene ring substituents is 1. The summed E-state index contributed by atoms with van der Waals surface area (Å²) in [5.41, 5.74) is 0.598. The fourth-order valence-corrected chi connectivity index (χ4v) is 3.96. The van der Waals surface area contributed by atoms with Crippen molar-refractivity contribution >= 4 is 56.8 Å². The first-order chi connectivity index (χ1) is 11.6. The molecule has 1 amide bonds. The summed E-state index contributed by atoms with van der Waals surface area (Å²) in [5, 5.41) is 16.9. The molecule has 0 saturated carbocycles. The first-order valence-electron chi connectivity index (χ1n) is 7.31. The van der Waals surface area contributed by atoms with Gasteiger partial charge in [-0.2, -0.15) is 0 Å². The van der Waals surface area contributed by atoms with Crippen LogP contribution in [0.4, 0.5) is 11.4 Å². The van der Waals surface area contributed by atoms with Crippen molar-refractivity contribution in [3.8, 4) is 0 Å². The highest BCUT2D eigenvalue weighted by Gasteiger charge is 2.11. The zero-order chi connectivity index (χ0) is 17.4. The topological polar surface area (TPSA) is 96.6 Å². The molecule has 0 atom stereocenters. The normalized spacial score (nSPS) is 13.5. The van der Waals surface area contributed by atoms with Crippen molar-refractivity contribution in [2.24, 2.45) is 4.99 Å². The minimum Gasteiger partial charge on any atom is -0.384 e. The second-order valence-electron chi connectivity index (χ2n) is 4.84. The van der Waals surface area contributed by atoms with Gasteiger partial charge in [0.25, 0.3) is 5.69 Å². The van der Waals surface area contributed by atoms with Gasteiger partial charge in [0.2, 0.25) is 5.91 Å². The van der Waals surface area contributed by atoms with Gasteiger partial charge >= 0.3 is 0 Å². The van der Waals surface area contributed by atoms with E-state index in [9.17, 15) is 14.9 Å². The lowest BCUT2D eigenvalue weighted by molar-refractivity contribution is -0.384. The molecule has 0 fully saturated rings. The lowest BCUT2D eigenvalue weighted by Crippen LogP contribution is -2.27. The lowest BCUT2D eigenvalue weighted by atomic mass is 10.2. The number of nitro groups is 1. The van der Waals surface area contributed by atoms with Crippen LogP contribution < -0.4 is 10.6 Å². The maximum absolute atomic E-state index is 11.7. The summed E-state index contributed by atoms with van der Waals surface area (Å²) in [6, 6.07) is 4.29. The Kier molecular flexibility index (Phi) is 7.67. The SMILES string of the molecule is O=C(CSC1=NCCS1)NCCCNc1ccc([N+](=O)[O-])cc1Cl. The van der Waals surface area contributed by atoms with Gasteiger partial charge in [0.15, 0.2) is 0 Å². The molecule has 0 radical (unpaired) electrons. The zero-order valence-corrected chi connectivity index (χ0v) is 15.2. The van der Waals surface area contributed by atoms with Gasteiger partial charge in [-0.05, 0) is 12.5 Å². The van der Waals surface area contributed by atoms with E-state index in [0.29, 0.717) is 29.6 Å². The zero-order valence-electron chi connectivity index (χ0n) is 12.8. The van der Waals surface area contributed by atoms with E-state index in [1.165, 1.54) is 23.9 Å². The van der Waals surface area contributed by atoms with Crippen LogP contribution in [0.5, 0.6) is 0 Å². The fourth-order valence-electron chi connectivity index (χ4n) is 1.88. The number of carbonyl (C=O) groups excluding carboxylic acids is 1. The van der Waals surface area contributed by atoms with Crippen LogP contribution in [0.25, 0.3) is 0 Å². The number of rotatable bonds is 8. The van der Waals surface area contributed by atoms with Crippen LogP contribution in [-0.2, 0) is 4.79 Å². The highest BCUT2D eigenvalue weighted by atomic mass is 35.5. The van der Waals surface area contributed by atoms with Crippen molar-refractivity contribution in [3.63, 3.8) is 0 Å². The van der Waals surface area contributed by atoms with E-state index in [1.54, 1.807) is 17.8 Å². The number of amides is 1. The van der Waals surface area contributed by atoms with Crippen molar-refractivity contribution in [3.05, 3.63) is 33.3 Å². The van der Waals surface area contributed by atoms with Crippen LogP contribution in [0.1, 0.15) is 6.42 Å². The maximum Gasteiger partial charge on any atom is 0.271 e. The molecule has 1 aliphatic rings. The molecule has 130 valence electrons. The molecule has 1 aromatic carbocycles. The van der Waals surface area contributed by atoms with Crippen molar-refractivity contribution in [2.45, 2.75) is 6.42 Å². The number of nitrogens with one attached hydrogen (secondary N) is 2. The van der Waals surface area contributed by atoms with E-state index in [2.05, 4.69) is 15.6 Å². The van der Waals surface area contributed by atoms with Gasteiger partial charge in [0.1, 0.15) is 4.38 Å². The third kappa shape index (κ3) is 6.21. The van der Waals surface area contributed by atoms with Crippen molar-refractivity contribution in [2.75, 3.05) is 36.5 Å². The van der Waals surface area contributed by atoms with Gasteiger partial charge < -0.3 is 10.6 Å². The summed E-state index contributed by atoms with van der Waals surface area (Å²) in [6.45, 7) is 2.00. The summed E-state index contributed by atoms with van der Waals surface area (Å²) >= 11 is 9.15. The van der Waals surface area contributed by atoms with E-state index >= 15 is 0 Å². The Morgan fingerprint density at radius 1 is 1.46 bits per heavy atom. The van der Waals surface area contributed by atoms with Crippen molar-refractivity contribution in [1.82, 2.24) is 5.32 Å². The molecule has 24 heavy (non-hydrogen) atoms. The Balaban J connectivity index is 1.60. The second-order valence-corrected chi connectivity index (χ2v) is 7.55. The maximum atomic E-state index is 11.7. The van der Waals surface area contributed by atoms with Crippen LogP contribution in [-0.4, -0.2) is 46.3 Å². The first kappa shape index (κ1) is 18.9. The summed E-state index contributed by atoms with van der Waals surface area (Å²) < 4.78 is 0.986. The molecular formula is C14H17ClN4O3S2. The van der Waals surface area contributed by atoms with E-state index in [4.69, 9.17) is 11.6 Å². The van der Waals surface area contributed by atoms with Gasteiger partial charge in [-0.25, -0.2) is 0 Å². The monoisotopic (exact) mass is 388 g/mol. The number of carbonyl (C=O) groups is 1. The highest BCUT2D eigenvalue weighted by molar-refractivity contribution is 8.39. The standard InChI is InChI=1S/C14H17ClN4O3S2/c15-11-8-10(19(21)22)2-3-12(11)16-4-1-5-17-13(20)9-24-14-18-6-7-23-14/h2-3,8,16H,1,4-7,9H2,(H,17,20). The van der Waals surface area contributed by atoms with Crippen LogP contribution in [0.15, 0.2) is 23.2 Å². The van der Waals surface area contributed by atoms with E-state index in [-0.39, 0.29) is 11.6 Å². The van der Waals surface area contributed by atoms with Gasteiger partial charge in [-0.1, -0.05) is 35.1 Å². The molecule has 10 heteroatoms. The lowest BCUT2D eigenvalue weighted by Gasteiger charge is -2.09. The number of aliphatic imine (C=N–C) groups is 1. The van der Waals surface area contributed by atoms with Crippen LogP contribution >= 0.6 is 35.1 Å². The van der Waals surface area contributed by atoms with E-state index < -0.39 is 4.92 Å². The Labute approximate surface area is 153 Å². The van der Waals surface area contributed by atoms with Crippen molar-refractivity contribution < 1.29 is 9.72 Å². The second kappa shape index (κ2) is 9.75. The summed E-state index contributed by atoms with van der Waals surface area (Å²) in [5.74, 6) is 1.37. The molecule has 1 aromatic rings. The molecule has 7 nitrogen and oxygen atoms in total. The number of hydrogen-bond acceptors (Lipinski definition) is 7. The molecule has 0 saturated heterocycles. The van der Waals surface area contributed by atoms with Gasteiger partial charge in [-0.3, -0.25) is 19.9 Å². The molecule has 0 spiro atoms. The molecular weight excluding hydrogens is 372 g/mol. The third-order valence-corrected chi connectivity index (χ3v) is 5.60. The van der Waals surface area contributed by atoms with Crippen molar-refractivity contribution in [1.29, 1.82) is 0 Å². The number of thioether (sulfide) groups is 2. The predicted molar refractivity (Wildman–Crippen MR) is 101 cm³/mol. The Morgan fingerprint density at radius 3 is 2.96 bits per heavy atom. The molecule has 0 aliphatic carbocycles. The number of benzene rings is 1. The Morgan fingerprint density at radius 2 is 2.29 bits per heavy atom. The number of hydrogen-bond donors (Lipinski definition) is 2. The highest BCUT2D eigenvalue weighted by Crippen LogP contribution is 2.26. The molecule has 0 bridgehead atoms. The molecule has 0 unspecified atom stereocenters. The molecule has 1 aliphatic heterocycles. The van der Waals surface area contributed by atoms with Gasteiger partial charge in [0.05, 0.1) is 27.9 Å². The molecule has 2 rings (SSSR count). The quantitative estimate of drug-likeness (QED) is 0.403. The van der Waals surface area contributed by atoms with Crippen LogP contribution in [0, 0.1) is 10.1 Å². The predicted octanol–water partition coefficient (Wildman–Crippen LogP) is 3.00. The number of nitrogens with zero attached hydrogens (tertiary/aromatic N) is 2. The number of halogens is 1. The fraction of sp³-hybridized carbons (Fsp3) is 0.429. The smallest absolute Gasteiger partial charge is 0.271 e. The third-order valence-electron chi connectivity index (χ3n) is 3.04. The first-order valence-corrected chi connectivity index (χ1v) is 9.66. The summed E-state index contributed by atoms with van der Waals surface area (Å²) in [6.07, 6.45) is 0.722. The van der Waals surface area contributed by atoms with E-state index in [1.807, 2.05) is 0 Å². The largest absolute Gasteiger partial charge is 0.384 e. The van der Waals surface area contributed by atoms with Gasteiger partial charge in [-0.15, -0.1) is 0 Å². The summed E-state index contributed by atoms with van der Waals surface area (Å²) in [4.78, 5) is 26.1. The average molecular weight is 389 g/mol. The number of anilines is 1.